The van der Waals surface area contributed by atoms with Crippen molar-refractivity contribution in [1.82, 2.24) is 10.2 Å². The van der Waals surface area contributed by atoms with E-state index in [0.717, 1.165) is 22.1 Å². The standard InChI is InChI=1S/C26H25N3O5/c1-3-15-34-23(31)18-11-13-19(14-12-18)27-22(30)16-29-24(32)26(2,28-25(29)33)21-10-6-8-17-7-4-5-9-20(17)21/h4-14H,3,15-16H2,1-2H3,(H,27,30)(H,28,33). The van der Waals surface area contributed by atoms with Gasteiger partial charge >= 0.3 is 12.0 Å². The van der Waals surface area contributed by atoms with Crippen molar-refractivity contribution in [1.29, 1.82) is 0 Å². The van der Waals surface area contributed by atoms with Crippen LogP contribution in [0.2, 0.25) is 0 Å². The molecule has 2 N–H and O–H groups in total. The number of esters is 1. The predicted molar refractivity (Wildman–Crippen MR) is 127 cm³/mol. The molecule has 1 unspecified atom stereocenters. The molecule has 34 heavy (non-hydrogen) atoms. The number of anilines is 1. The molecule has 8 heteroatoms. The van der Waals surface area contributed by atoms with Crippen molar-refractivity contribution in [2.24, 2.45) is 0 Å². The third-order valence-electron chi connectivity index (χ3n) is 5.75. The lowest BCUT2D eigenvalue weighted by atomic mass is 9.88. The maximum absolute atomic E-state index is 13.3. The van der Waals surface area contributed by atoms with Crippen LogP contribution in [0.5, 0.6) is 0 Å². The molecule has 3 aromatic carbocycles. The summed E-state index contributed by atoms with van der Waals surface area (Å²) >= 11 is 0. The zero-order valence-electron chi connectivity index (χ0n) is 19.0. The number of hydrogen-bond donors (Lipinski definition) is 2. The number of ether oxygens (including phenoxy) is 1. The summed E-state index contributed by atoms with van der Waals surface area (Å²) in [6.45, 7) is 3.44. The second kappa shape index (κ2) is 9.35. The van der Waals surface area contributed by atoms with Crippen molar-refractivity contribution in [3.63, 3.8) is 0 Å². The smallest absolute Gasteiger partial charge is 0.338 e. The van der Waals surface area contributed by atoms with Crippen LogP contribution in [0.3, 0.4) is 0 Å². The molecule has 1 heterocycles. The van der Waals surface area contributed by atoms with Crippen LogP contribution in [-0.2, 0) is 19.9 Å². The van der Waals surface area contributed by atoms with Crippen LogP contribution < -0.4 is 10.6 Å². The second-order valence-corrected chi connectivity index (χ2v) is 8.23. The van der Waals surface area contributed by atoms with Gasteiger partial charge in [-0.25, -0.2) is 9.59 Å². The van der Waals surface area contributed by atoms with E-state index >= 15 is 0 Å². The van der Waals surface area contributed by atoms with Gasteiger partial charge in [-0.1, -0.05) is 49.4 Å². The Morgan fingerprint density at radius 1 is 1.00 bits per heavy atom. The van der Waals surface area contributed by atoms with Crippen LogP contribution >= 0.6 is 0 Å². The molecule has 8 nitrogen and oxygen atoms in total. The summed E-state index contributed by atoms with van der Waals surface area (Å²) in [5, 5.41) is 7.20. The Kier molecular flexibility index (Phi) is 6.32. The number of rotatable bonds is 7. The fourth-order valence-electron chi connectivity index (χ4n) is 4.00. The molecule has 0 aliphatic carbocycles. The van der Waals surface area contributed by atoms with Crippen molar-refractivity contribution >= 4 is 40.3 Å². The Labute approximate surface area is 196 Å². The Morgan fingerprint density at radius 3 is 2.44 bits per heavy atom. The third kappa shape index (κ3) is 4.34. The lowest BCUT2D eigenvalue weighted by Crippen LogP contribution is -2.42. The van der Waals surface area contributed by atoms with E-state index in [9.17, 15) is 19.2 Å². The van der Waals surface area contributed by atoms with Gasteiger partial charge in [0.25, 0.3) is 5.91 Å². The number of nitrogens with zero attached hydrogens (tertiary/aromatic N) is 1. The first-order chi connectivity index (χ1) is 16.3. The molecule has 1 fully saturated rings. The maximum Gasteiger partial charge on any atom is 0.338 e. The zero-order valence-corrected chi connectivity index (χ0v) is 19.0. The quantitative estimate of drug-likeness (QED) is 0.413. The normalized spacial score (nSPS) is 17.5. The number of carbonyl (C=O) groups excluding carboxylic acids is 4. The second-order valence-electron chi connectivity index (χ2n) is 8.23. The molecule has 0 spiro atoms. The molecule has 1 aliphatic heterocycles. The Balaban J connectivity index is 1.46. The lowest BCUT2D eigenvalue weighted by molar-refractivity contribution is -0.133. The van der Waals surface area contributed by atoms with Gasteiger partial charge in [0.05, 0.1) is 12.2 Å². The number of nitrogens with one attached hydrogen (secondary N) is 2. The van der Waals surface area contributed by atoms with Crippen LogP contribution in [0.25, 0.3) is 10.8 Å². The van der Waals surface area contributed by atoms with E-state index < -0.39 is 35.9 Å². The highest BCUT2D eigenvalue weighted by atomic mass is 16.5. The van der Waals surface area contributed by atoms with E-state index in [0.29, 0.717) is 23.4 Å². The van der Waals surface area contributed by atoms with Gasteiger partial charge in [-0.05, 0) is 53.9 Å². The van der Waals surface area contributed by atoms with Crippen molar-refractivity contribution in [2.75, 3.05) is 18.5 Å². The van der Waals surface area contributed by atoms with E-state index in [4.69, 9.17) is 4.74 Å². The summed E-state index contributed by atoms with van der Waals surface area (Å²) in [6, 6.07) is 18.7. The average Bonchev–Trinajstić information content (AvgIpc) is 3.06. The fourth-order valence-corrected chi connectivity index (χ4v) is 4.00. The van der Waals surface area contributed by atoms with Gasteiger partial charge in [0.1, 0.15) is 12.1 Å². The molecule has 0 bridgehead atoms. The minimum atomic E-state index is -1.29. The van der Waals surface area contributed by atoms with E-state index in [1.165, 1.54) is 0 Å². The van der Waals surface area contributed by atoms with Crippen LogP contribution in [0.15, 0.2) is 66.7 Å². The molecule has 4 rings (SSSR count). The summed E-state index contributed by atoms with van der Waals surface area (Å²) in [5.74, 6) is -1.48. The van der Waals surface area contributed by atoms with Gasteiger partial charge in [-0.15, -0.1) is 0 Å². The minimum absolute atomic E-state index is 0.334. The van der Waals surface area contributed by atoms with Crippen LogP contribution in [0.4, 0.5) is 10.5 Å². The molecule has 174 valence electrons. The first kappa shape index (κ1) is 23.0. The summed E-state index contributed by atoms with van der Waals surface area (Å²) in [7, 11) is 0. The van der Waals surface area contributed by atoms with Crippen molar-refractivity contribution in [3.8, 4) is 0 Å². The number of amides is 4. The van der Waals surface area contributed by atoms with Gasteiger partial charge in [0, 0.05) is 5.69 Å². The van der Waals surface area contributed by atoms with E-state index in [-0.39, 0.29) is 0 Å². The Morgan fingerprint density at radius 2 is 1.71 bits per heavy atom. The number of imide groups is 1. The monoisotopic (exact) mass is 459 g/mol. The van der Waals surface area contributed by atoms with Gasteiger partial charge in [0.2, 0.25) is 5.91 Å². The third-order valence-corrected chi connectivity index (χ3v) is 5.75. The predicted octanol–water partition coefficient (Wildman–Crippen LogP) is 3.81. The zero-order chi connectivity index (χ0) is 24.3. The molecule has 0 radical (unpaired) electrons. The summed E-state index contributed by atoms with van der Waals surface area (Å²) in [4.78, 5) is 51.4. The maximum atomic E-state index is 13.3. The van der Waals surface area contributed by atoms with E-state index in [2.05, 4.69) is 10.6 Å². The van der Waals surface area contributed by atoms with Crippen LogP contribution in [0.1, 0.15) is 36.2 Å². The number of carbonyl (C=O) groups is 4. The topological polar surface area (TPSA) is 105 Å². The number of benzene rings is 3. The van der Waals surface area contributed by atoms with Crippen molar-refractivity contribution in [3.05, 3.63) is 77.9 Å². The first-order valence-electron chi connectivity index (χ1n) is 11.0. The Hall–Kier alpha value is -4.20. The molecule has 1 aliphatic rings. The van der Waals surface area contributed by atoms with E-state index in [1.54, 1.807) is 37.3 Å². The largest absolute Gasteiger partial charge is 0.462 e. The Bertz CT molecular complexity index is 1270. The summed E-state index contributed by atoms with van der Waals surface area (Å²) < 4.78 is 5.08. The van der Waals surface area contributed by atoms with Gasteiger partial charge in [-0.3, -0.25) is 14.5 Å². The highest BCUT2D eigenvalue weighted by Gasteiger charge is 2.50. The number of hydrogen-bond acceptors (Lipinski definition) is 5. The lowest BCUT2D eigenvalue weighted by Gasteiger charge is -2.24. The molecule has 4 amide bonds. The first-order valence-corrected chi connectivity index (χ1v) is 11.0. The van der Waals surface area contributed by atoms with E-state index in [1.807, 2.05) is 43.3 Å². The summed E-state index contributed by atoms with van der Waals surface area (Å²) in [5.41, 5.74) is 0.170. The van der Waals surface area contributed by atoms with Gasteiger partial charge in [-0.2, -0.15) is 0 Å². The fraction of sp³-hybridized carbons (Fsp3) is 0.231. The molecular formula is C26H25N3O5. The molecule has 0 saturated carbocycles. The SMILES string of the molecule is CCCOC(=O)c1ccc(NC(=O)CN2C(=O)NC(C)(c3cccc4ccccc34)C2=O)cc1. The number of urea groups is 1. The van der Waals surface area contributed by atoms with Crippen molar-refractivity contribution < 1.29 is 23.9 Å². The number of fused-ring (bicyclic) bond motifs is 1. The van der Waals surface area contributed by atoms with Crippen molar-refractivity contribution in [2.45, 2.75) is 25.8 Å². The highest BCUT2D eigenvalue weighted by Crippen LogP contribution is 2.33. The van der Waals surface area contributed by atoms with Gasteiger partial charge in [0.15, 0.2) is 0 Å². The molecule has 1 atom stereocenters. The van der Waals surface area contributed by atoms with Gasteiger partial charge < -0.3 is 15.4 Å². The highest BCUT2D eigenvalue weighted by molar-refractivity contribution is 6.11. The molecular weight excluding hydrogens is 434 g/mol. The molecule has 0 aromatic heterocycles. The van der Waals surface area contributed by atoms with Crippen LogP contribution in [-0.4, -0.2) is 41.9 Å². The van der Waals surface area contributed by atoms with Crippen LogP contribution in [0, 0.1) is 0 Å². The minimum Gasteiger partial charge on any atom is -0.462 e. The molecule has 1 saturated heterocycles. The average molecular weight is 460 g/mol. The summed E-state index contributed by atoms with van der Waals surface area (Å²) in [6.07, 6.45) is 0.724. The molecule has 3 aromatic rings.